The van der Waals surface area contributed by atoms with Crippen LogP contribution in [0.25, 0.3) is 0 Å². The lowest BCUT2D eigenvalue weighted by Crippen LogP contribution is -2.12. The normalized spacial score (nSPS) is 16.1. The molecule has 0 spiro atoms. The molecule has 0 saturated heterocycles. The second-order valence-corrected chi connectivity index (χ2v) is 5.88. The maximum Gasteiger partial charge on any atom is 0.133 e. The fourth-order valence-corrected chi connectivity index (χ4v) is 3.05. The van der Waals surface area contributed by atoms with E-state index in [2.05, 4.69) is 34.2 Å². The Morgan fingerprint density at radius 1 is 1.19 bits per heavy atom. The van der Waals surface area contributed by atoms with E-state index in [1.165, 1.54) is 41.8 Å². The summed E-state index contributed by atoms with van der Waals surface area (Å²) < 4.78 is 1.91. The van der Waals surface area contributed by atoms with Crippen LogP contribution >= 0.6 is 0 Å². The van der Waals surface area contributed by atoms with Gasteiger partial charge in [0.05, 0.1) is 12.2 Å². The number of hydrogen-bond donors (Lipinski definition) is 1. The van der Waals surface area contributed by atoms with E-state index in [0.717, 1.165) is 18.7 Å². The largest absolute Gasteiger partial charge is 0.363 e. The molecule has 1 aliphatic carbocycles. The summed E-state index contributed by atoms with van der Waals surface area (Å²) >= 11 is 0. The standard InChI is InChI=1S/C16H23N5/c1-11(14-9-19-21(3)12(14)2)20-16-13-7-5-4-6-8-15(13)17-10-18-16/h9-11H,4-8H2,1-3H3,(H,17,18,20). The van der Waals surface area contributed by atoms with E-state index >= 15 is 0 Å². The molecule has 0 aromatic carbocycles. The number of rotatable bonds is 3. The van der Waals surface area contributed by atoms with Crippen molar-refractivity contribution in [1.29, 1.82) is 0 Å². The molecule has 2 heterocycles. The van der Waals surface area contributed by atoms with Crippen molar-refractivity contribution in [3.63, 3.8) is 0 Å². The first-order valence-electron chi connectivity index (χ1n) is 7.74. The summed E-state index contributed by atoms with van der Waals surface area (Å²) in [5.41, 5.74) is 4.94. The quantitative estimate of drug-likeness (QED) is 0.881. The number of fused-ring (bicyclic) bond motifs is 1. The van der Waals surface area contributed by atoms with Gasteiger partial charge in [-0.25, -0.2) is 9.97 Å². The molecular weight excluding hydrogens is 262 g/mol. The van der Waals surface area contributed by atoms with Crippen LogP contribution < -0.4 is 5.32 Å². The molecule has 0 amide bonds. The molecule has 2 aromatic rings. The van der Waals surface area contributed by atoms with E-state index < -0.39 is 0 Å². The lowest BCUT2D eigenvalue weighted by Gasteiger charge is -2.18. The fraction of sp³-hybridized carbons (Fsp3) is 0.562. The van der Waals surface area contributed by atoms with Gasteiger partial charge in [0.1, 0.15) is 12.1 Å². The topological polar surface area (TPSA) is 55.6 Å². The number of hydrogen-bond acceptors (Lipinski definition) is 4. The molecule has 0 fully saturated rings. The minimum absolute atomic E-state index is 0.195. The number of nitrogens with one attached hydrogen (secondary N) is 1. The van der Waals surface area contributed by atoms with Crippen LogP contribution in [0.5, 0.6) is 0 Å². The van der Waals surface area contributed by atoms with Crippen molar-refractivity contribution < 1.29 is 0 Å². The van der Waals surface area contributed by atoms with Crippen molar-refractivity contribution in [2.45, 2.75) is 52.0 Å². The third-order valence-electron chi connectivity index (χ3n) is 4.47. The van der Waals surface area contributed by atoms with Crippen LogP contribution in [0.1, 0.15) is 54.7 Å². The zero-order valence-electron chi connectivity index (χ0n) is 13.1. The molecule has 2 aromatic heterocycles. The summed E-state index contributed by atoms with van der Waals surface area (Å²) in [6.45, 7) is 4.26. The molecule has 0 bridgehead atoms. The molecule has 112 valence electrons. The number of aryl methyl sites for hydroxylation is 2. The SMILES string of the molecule is Cc1c(C(C)Nc2ncnc3c2CCCCC3)cnn1C. The highest BCUT2D eigenvalue weighted by atomic mass is 15.3. The van der Waals surface area contributed by atoms with Gasteiger partial charge in [-0.1, -0.05) is 6.42 Å². The molecule has 0 aliphatic heterocycles. The Balaban J connectivity index is 1.86. The Hall–Kier alpha value is -1.91. The van der Waals surface area contributed by atoms with E-state index in [4.69, 9.17) is 0 Å². The second-order valence-electron chi connectivity index (χ2n) is 5.88. The van der Waals surface area contributed by atoms with Crippen molar-refractivity contribution in [3.05, 3.63) is 35.0 Å². The van der Waals surface area contributed by atoms with E-state index in [-0.39, 0.29) is 6.04 Å². The molecule has 1 N–H and O–H groups in total. The van der Waals surface area contributed by atoms with Gasteiger partial charge in [0.25, 0.3) is 0 Å². The number of aromatic nitrogens is 4. The average Bonchev–Trinajstić information content (AvgIpc) is 2.68. The van der Waals surface area contributed by atoms with Crippen LogP contribution in [0.3, 0.4) is 0 Å². The van der Waals surface area contributed by atoms with E-state index in [1.54, 1.807) is 6.33 Å². The Morgan fingerprint density at radius 2 is 2.00 bits per heavy atom. The van der Waals surface area contributed by atoms with Crippen LogP contribution in [0, 0.1) is 6.92 Å². The van der Waals surface area contributed by atoms with Crippen LogP contribution in [0.4, 0.5) is 5.82 Å². The highest BCUT2D eigenvalue weighted by molar-refractivity contribution is 5.48. The van der Waals surface area contributed by atoms with E-state index in [0.29, 0.717) is 0 Å². The predicted molar refractivity (Wildman–Crippen MR) is 83.3 cm³/mol. The van der Waals surface area contributed by atoms with Crippen LogP contribution in [-0.4, -0.2) is 19.7 Å². The molecular formula is C16H23N5. The maximum absolute atomic E-state index is 4.49. The Morgan fingerprint density at radius 3 is 2.76 bits per heavy atom. The van der Waals surface area contributed by atoms with Crippen LogP contribution in [0.2, 0.25) is 0 Å². The molecule has 0 saturated carbocycles. The van der Waals surface area contributed by atoms with Crippen molar-refractivity contribution in [1.82, 2.24) is 19.7 Å². The molecule has 5 heteroatoms. The zero-order valence-corrected chi connectivity index (χ0v) is 13.1. The van der Waals surface area contributed by atoms with Crippen molar-refractivity contribution in [2.75, 3.05) is 5.32 Å². The minimum atomic E-state index is 0.195. The summed E-state index contributed by atoms with van der Waals surface area (Å²) in [7, 11) is 1.97. The van der Waals surface area contributed by atoms with Crippen molar-refractivity contribution in [2.24, 2.45) is 7.05 Å². The lowest BCUT2D eigenvalue weighted by atomic mass is 10.1. The lowest BCUT2D eigenvalue weighted by molar-refractivity contribution is 0.708. The second kappa shape index (κ2) is 5.84. The molecule has 1 atom stereocenters. The van der Waals surface area contributed by atoms with Gasteiger partial charge in [-0.05, 0) is 39.5 Å². The first kappa shape index (κ1) is 14.0. The molecule has 0 radical (unpaired) electrons. The fourth-order valence-electron chi connectivity index (χ4n) is 3.05. The third-order valence-corrected chi connectivity index (χ3v) is 4.47. The average molecular weight is 285 g/mol. The van der Waals surface area contributed by atoms with Crippen LogP contribution in [0.15, 0.2) is 12.5 Å². The maximum atomic E-state index is 4.49. The third kappa shape index (κ3) is 2.77. The first-order valence-corrected chi connectivity index (χ1v) is 7.74. The minimum Gasteiger partial charge on any atom is -0.363 e. The smallest absolute Gasteiger partial charge is 0.133 e. The first-order chi connectivity index (χ1) is 10.2. The summed E-state index contributed by atoms with van der Waals surface area (Å²) in [6, 6.07) is 0.195. The number of nitrogens with zero attached hydrogens (tertiary/aromatic N) is 4. The van der Waals surface area contributed by atoms with E-state index in [9.17, 15) is 0 Å². The van der Waals surface area contributed by atoms with Gasteiger partial charge in [-0.3, -0.25) is 4.68 Å². The summed E-state index contributed by atoms with van der Waals surface area (Å²) in [6.07, 6.45) is 9.54. The number of anilines is 1. The van der Waals surface area contributed by atoms with Gasteiger partial charge in [-0.15, -0.1) is 0 Å². The summed E-state index contributed by atoms with van der Waals surface area (Å²) in [5.74, 6) is 0.998. The Bertz CT molecular complexity index is 632. The van der Waals surface area contributed by atoms with Crippen LogP contribution in [-0.2, 0) is 19.9 Å². The molecule has 21 heavy (non-hydrogen) atoms. The van der Waals surface area contributed by atoms with Gasteiger partial charge in [0.2, 0.25) is 0 Å². The zero-order chi connectivity index (χ0) is 14.8. The Kier molecular flexibility index (Phi) is 3.90. The van der Waals surface area contributed by atoms with Gasteiger partial charge < -0.3 is 5.32 Å². The molecule has 3 rings (SSSR count). The van der Waals surface area contributed by atoms with E-state index in [1.807, 2.05) is 17.9 Å². The Labute approximate surface area is 125 Å². The van der Waals surface area contributed by atoms with Gasteiger partial charge >= 0.3 is 0 Å². The summed E-state index contributed by atoms with van der Waals surface area (Å²) in [4.78, 5) is 8.96. The van der Waals surface area contributed by atoms with Crippen molar-refractivity contribution in [3.8, 4) is 0 Å². The van der Waals surface area contributed by atoms with Gasteiger partial charge in [0.15, 0.2) is 0 Å². The summed E-state index contributed by atoms with van der Waals surface area (Å²) in [5, 5.41) is 7.89. The predicted octanol–water partition coefficient (Wildman–Crippen LogP) is 2.96. The molecule has 5 nitrogen and oxygen atoms in total. The van der Waals surface area contributed by atoms with Gasteiger partial charge in [-0.2, -0.15) is 5.10 Å². The monoisotopic (exact) mass is 285 g/mol. The van der Waals surface area contributed by atoms with Gasteiger partial charge in [0, 0.05) is 29.6 Å². The van der Waals surface area contributed by atoms with Crippen molar-refractivity contribution >= 4 is 5.82 Å². The highest BCUT2D eigenvalue weighted by Crippen LogP contribution is 2.27. The molecule has 1 aliphatic rings. The molecule has 1 unspecified atom stereocenters. The highest BCUT2D eigenvalue weighted by Gasteiger charge is 2.18.